The largest absolute Gasteiger partial charge is 0.489 e. The van der Waals surface area contributed by atoms with Crippen LogP contribution in [0.5, 0.6) is 11.5 Å². The van der Waals surface area contributed by atoms with Crippen molar-refractivity contribution in [1.29, 1.82) is 0 Å². The van der Waals surface area contributed by atoms with Crippen molar-refractivity contribution in [2.45, 2.75) is 57.5 Å². The Hall–Kier alpha value is -4.42. The molecule has 4 aromatic rings. The van der Waals surface area contributed by atoms with Crippen molar-refractivity contribution < 1.29 is 44.7 Å². The van der Waals surface area contributed by atoms with Gasteiger partial charge in [0.2, 0.25) is 31.5 Å². The first-order valence-electron chi connectivity index (χ1n) is 17.1. The Balaban J connectivity index is 0.000000220. The molecular weight excluding hydrogens is 822 g/mol. The highest BCUT2D eigenvalue weighted by Crippen LogP contribution is 2.34. The molecule has 2 aliphatic rings. The second-order valence-electron chi connectivity index (χ2n) is 12.8. The fourth-order valence-corrected chi connectivity index (χ4v) is 8.48. The van der Waals surface area contributed by atoms with E-state index in [1.54, 1.807) is 30.1 Å². The lowest BCUT2D eigenvalue weighted by atomic mass is 10.0. The smallest absolute Gasteiger partial charge is 0.231 e. The van der Waals surface area contributed by atoms with Gasteiger partial charge in [0, 0.05) is 13.1 Å². The zero-order valence-corrected chi connectivity index (χ0v) is 33.4. The summed E-state index contributed by atoms with van der Waals surface area (Å²) in [6, 6.07) is 19.5. The van der Waals surface area contributed by atoms with Gasteiger partial charge in [0.25, 0.3) is 0 Å². The molecular formula is C38H43BrF2N4O8S2. The van der Waals surface area contributed by atoms with Gasteiger partial charge in [-0.15, -0.1) is 0 Å². The molecule has 0 saturated heterocycles. The molecule has 0 fully saturated rings. The van der Waals surface area contributed by atoms with Crippen LogP contribution in [0.3, 0.4) is 0 Å². The minimum absolute atomic E-state index is 0.0274. The van der Waals surface area contributed by atoms with Gasteiger partial charge in [-0.25, -0.2) is 25.6 Å². The van der Waals surface area contributed by atoms with E-state index >= 15 is 0 Å². The fourth-order valence-electron chi connectivity index (χ4n) is 5.87. The Labute approximate surface area is 328 Å². The monoisotopic (exact) mass is 864 g/mol. The molecule has 296 valence electrons. The van der Waals surface area contributed by atoms with Crippen molar-refractivity contribution in [3.05, 3.63) is 108 Å². The van der Waals surface area contributed by atoms with Gasteiger partial charge in [-0.2, -0.15) is 0 Å². The van der Waals surface area contributed by atoms with Gasteiger partial charge < -0.3 is 26.3 Å². The lowest BCUT2D eigenvalue weighted by Crippen LogP contribution is -2.39. The SMILES string of the molecule is CN(CC(N)=O)C[C@H]1CCc2ccc(S(=O)(=O)c3cccc(F)c3)cc2O1.CNC[C@H]1CCc2ccc(S(=O)(=O)c3cccc(F)c3)cc2O1.NC(=O)CBr. The van der Waals surface area contributed by atoms with E-state index in [9.17, 15) is 35.2 Å². The van der Waals surface area contributed by atoms with Gasteiger partial charge >= 0.3 is 0 Å². The summed E-state index contributed by atoms with van der Waals surface area (Å²) in [6.07, 6.45) is 3.09. The highest BCUT2D eigenvalue weighted by Gasteiger charge is 2.26. The Morgan fingerprint density at radius 3 is 1.60 bits per heavy atom. The number of hydrogen-bond acceptors (Lipinski definition) is 10. The normalized spacial score (nSPS) is 16.1. The van der Waals surface area contributed by atoms with Crippen LogP contribution >= 0.6 is 15.9 Å². The number of aryl methyl sites for hydroxylation is 2. The molecule has 0 aromatic heterocycles. The lowest BCUT2D eigenvalue weighted by molar-refractivity contribution is -0.119. The van der Waals surface area contributed by atoms with Crippen molar-refractivity contribution >= 4 is 47.4 Å². The van der Waals surface area contributed by atoms with Gasteiger partial charge in [-0.1, -0.05) is 40.2 Å². The second kappa shape index (κ2) is 19.4. The Morgan fingerprint density at radius 2 is 1.18 bits per heavy atom. The summed E-state index contributed by atoms with van der Waals surface area (Å²) in [4.78, 5) is 22.3. The fraction of sp³-hybridized carbons (Fsp3) is 0.316. The van der Waals surface area contributed by atoms with E-state index in [1.807, 2.05) is 7.05 Å². The first-order valence-corrected chi connectivity index (χ1v) is 21.2. The summed E-state index contributed by atoms with van der Waals surface area (Å²) in [5.74, 6) is -0.843. The topological polar surface area (TPSA) is 188 Å². The number of halogens is 3. The molecule has 5 N–H and O–H groups in total. The van der Waals surface area contributed by atoms with Crippen LogP contribution in [0.15, 0.2) is 105 Å². The third-order valence-corrected chi connectivity index (χ3v) is 12.5. The molecule has 0 radical (unpaired) electrons. The van der Waals surface area contributed by atoms with Gasteiger partial charge in [-0.05, 0) is 112 Å². The Morgan fingerprint density at radius 1 is 0.745 bits per heavy atom. The summed E-state index contributed by atoms with van der Waals surface area (Å²) in [5, 5.41) is 3.32. The number of likely N-dealkylation sites (N-methyl/N-ethyl adjacent to an activating group) is 2. The number of nitrogens with two attached hydrogens (primary N) is 2. The molecule has 12 nitrogen and oxygen atoms in total. The second-order valence-corrected chi connectivity index (χ2v) is 17.3. The maximum Gasteiger partial charge on any atom is 0.231 e. The van der Waals surface area contributed by atoms with Gasteiger partial charge in [0.05, 0.1) is 31.5 Å². The summed E-state index contributed by atoms with van der Waals surface area (Å²) in [7, 11) is -3.98. The molecule has 0 saturated carbocycles. The van der Waals surface area contributed by atoms with E-state index in [4.69, 9.17) is 15.2 Å². The molecule has 2 atom stereocenters. The van der Waals surface area contributed by atoms with Crippen LogP contribution < -0.4 is 26.3 Å². The van der Waals surface area contributed by atoms with Crippen molar-refractivity contribution in [2.75, 3.05) is 39.1 Å². The number of fused-ring (bicyclic) bond motifs is 2. The van der Waals surface area contributed by atoms with E-state index < -0.39 is 37.2 Å². The molecule has 4 aromatic carbocycles. The zero-order chi connectivity index (χ0) is 40.3. The number of carbonyl (C=O) groups excluding carboxylic acids is 2. The maximum atomic E-state index is 13.4. The molecule has 2 amide bonds. The molecule has 17 heteroatoms. The third-order valence-electron chi connectivity index (χ3n) is 8.47. The summed E-state index contributed by atoms with van der Waals surface area (Å²) in [6.45, 7) is 1.34. The molecule has 2 heterocycles. The summed E-state index contributed by atoms with van der Waals surface area (Å²) < 4.78 is 89.4. The van der Waals surface area contributed by atoms with Crippen molar-refractivity contribution in [1.82, 2.24) is 10.2 Å². The number of hydrogen-bond donors (Lipinski definition) is 3. The summed E-state index contributed by atoms with van der Waals surface area (Å²) >= 11 is 2.84. The molecule has 0 aliphatic carbocycles. The first kappa shape index (κ1) is 43.3. The van der Waals surface area contributed by atoms with Crippen LogP contribution in [0.2, 0.25) is 0 Å². The van der Waals surface area contributed by atoms with Crippen LogP contribution in [0.1, 0.15) is 24.0 Å². The van der Waals surface area contributed by atoms with Crippen LogP contribution in [0.25, 0.3) is 0 Å². The number of ether oxygens (including phenoxy) is 2. The van der Waals surface area contributed by atoms with E-state index in [0.717, 1.165) is 48.9 Å². The predicted molar refractivity (Wildman–Crippen MR) is 206 cm³/mol. The van der Waals surface area contributed by atoms with Crippen molar-refractivity contribution in [3.8, 4) is 11.5 Å². The van der Waals surface area contributed by atoms with Crippen molar-refractivity contribution in [2.24, 2.45) is 11.5 Å². The van der Waals surface area contributed by atoms with Gasteiger partial charge in [0.15, 0.2) is 0 Å². The third kappa shape index (κ3) is 12.0. The molecule has 55 heavy (non-hydrogen) atoms. The maximum absolute atomic E-state index is 13.4. The molecule has 0 unspecified atom stereocenters. The number of alkyl halides is 1. The first-order chi connectivity index (χ1) is 26.0. The van der Waals surface area contributed by atoms with Crippen LogP contribution in [-0.4, -0.2) is 84.8 Å². The number of nitrogens with one attached hydrogen (secondary N) is 1. The van der Waals surface area contributed by atoms with Crippen LogP contribution in [-0.2, 0) is 42.1 Å². The Kier molecular flexibility index (Phi) is 15.3. The van der Waals surface area contributed by atoms with Crippen LogP contribution in [0, 0.1) is 11.6 Å². The number of primary amides is 2. The highest BCUT2D eigenvalue weighted by molar-refractivity contribution is 9.09. The van der Waals surface area contributed by atoms with E-state index in [0.29, 0.717) is 24.6 Å². The molecule has 0 spiro atoms. The van der Waals surface area contributed by atoms with E-state index in [-0.39, 0.29) is 49.6 Å². The minimum Gasteiger partial charge on any atom is -0.489 e. The molecule has 0 bridgehead atoms. The van der Waals surface area contributed by atoms with Crippen molar-refractivity contribution in [3.63, 3.8) is 0 Å². The average Bonchev–Trinajstić information content (AvgIpc) is 3.14. The number of carbonyl (C=O) groups is 2. The van der Waals surface area contributed by atoms with Crippen LogP contribution in [0.4, 0.5) is 8.78 Å². The zero-order valence-electron chi connectivity index (χ0n) is 30.2. The van der Waals surface area contributed by atoms with Gasteiger partial charge in [0.1, 0.15) is 35.3 Å². The number of amides is 2. The quantitative estimate of drug-likeness (QED) is 0.185. The number of benzene rings is 4. The average molecular weight is 866 g/mol. The minimum atomic E-state index is -3.84. The molecule has 2 aliphatic heterocycles. The predicted octanol–water partition coefficient (Wildman–Crippen LogP) is 4.21. The van der Waals surface area contributed by atoms with E-state index in [2.05, 4.69) is 27.0 Å². The standard InChI is InChI=1S/C19H21FN2O4S.C17H18FNO3S.C2H4BrNO/c1-22(12-19(21)23)11-15-7-5-13-6-8-17(10-18(13)26-15)27(24,25)16-4-2-3-14(20)9-16;1-19-11-14-7-5-12-6-8-16(10-17(12)22-14)23(20,21)15-4-2-3-13(18)9-15;3-1-2(4)5/h2-4,6,8-10,15H,5,7,11-12H2,1H3,(H2,21,23);2-4,6,8-10,14,19H,5,7,11H2,1H3;1H2,(H2,4,5)/t15-;14-;/m11./s1. The number of rotatable bonds is 11. The summed E-state index contributed by atoms with van der Waals surface area (Å²) in [5.41, 5.74) is 11.7. The van der Waals surface area contributed by atoms with Gasteiger partial charge in [-0.3, -0.25) is 14.5 Å². The number of nitrogens with zero attached hydrogens (tertiary/aromatic N) is 1. The molecule has 6 rings (SSSR count). The highest BCUT2D eigenvalue weighted by atomic mass is 79.9. The number of sulfone groups is 2. The Bertz CT molecular complexity index is 2210. The lowest BCUT2D eigenvalue weighted by Gasteiger charge is -2.29. The van der Waals surface area contributed by atoms with E-state index in [1.165, 1.54) is 54.6 Å².